The van der Waals surface area contributed by atoms with Crippen molar-refractivity contribution in [3.63, 3.8) is 0 Å². The number of sulfone groups is 1. The van der Waals surface area contributed by atoms with Gasteiger partial charge in [-0.05, 0) is 50.3 Å². The number of aromatic nitrogens is 1. The van der Waals surface area contributed by atoms with Crippen LogP contribution in [-0.2, 0) is 25.8 Å². The van der Waals surface area contributed by atoms with Gasteiger partial charge in [0, 0.05) is 24.4 Å². The Morgan fingerprint density at radius 2 is 2.17 bits per heavy atom. The molecule has 2 atom stereocenters. The third kappa shape index (κ3) is 3.78. The molecule has 0 spiro atoms. The number of amides is 1. The Morgan fingerprint density at radius 1 is 1.46 bits per heavy atom. The second-order valence-electron chi connectivity index (χ2n) is 6.83. The van der Waals surface area contributed by atoms with Crippen molar-refractivity contribution in [3.05, 3.63) is 29.6 Å². The zero-order chi connectivity index (χ0) is 18.0. The number of hydrogen-bond acceptors (Lipinski definition) is 5. The quantitative estimate of drug-likeness (QED) is 0.833. The van der Waals surface area contributed by atoms with Crippen LogP contribution in [0.25, 0.3) is 0 Å². The first kappa shape index (κ1) is 18.9. The molecule has 2 heterocycles. The molecule has 1 aliphatic rings. The van der Waals surface area contributed by atoms with Crippen LogP contribution in [0.3, 0.4) is 0 Å². The summed E-state index contributed by atoms with van der Waals surface area (Å²) in [6.45, 7) is 5.76. The van der Waals surface area contributed by atoms with Gasteiger partial charge < -0.3 is 10.5 Å². The number of carbonyl (C=O) groups is 1. The van der Waals surface area contributed by atoms with E-state index in [9.17, 15) is 13.2 Å². The predicted molar refractivity (Wildman–Crippen MR) is 92.3 cm³/mol. The topological polar surface area (TPSA) is 99.3 Å². The maximum Gasteiger partial charge on any atom is 0.238 e. The van der Waals surface area contributed by atoms with E-state index in [1.165, 1.54) is 13.8 Å². The fourth-order valence-electron chi connectivity index (χ4n) is 2.87. The largest absolute Gasteiger partial charge is 0.381 e. The summed E-state index contributed by atoms with van der Waals surface area (Å²) in [5, 5.41) is 0. The average molecular weight is 354 g/mol. The van der Waals surface area contributed by atoms with Gasteiger partial charge in [0.1, 0.15) is 4.75 Å². The minimum absolute atomic E-state index is 0.0883. The minimum Gasteiger partial charge on any atom is -0.381 e. The Morgan fingerprint density at radius 3 is 2.79 bits per heavy atom. The van der Waals surface area contributed by atoms with Gasteiger partial charge in [-0.1, -0.05) is 6.92 Å². The van der Waals surface area contributed by atoms with Gasteiger partial charge in [0.15, 0.2) is 9.84 Å². The van der Waals surface area contributed by atoms with E-state index in [-0.39, 0.29) is 17.6 Å². The molecule has 2 unspecified atom stereocenters. The molecule has 6 nitrogen and oxygen atoms in total. The van der Waals surface area contributed by atoms with Gasteiger partial charge in [-0.25, -0.2) is 8.42 Å². The van der Waals surface area contributed by atoms with Crippen LogP contribution in [-0.4, -0.2) is 43.0 Å². The molecule has 0 aliphatic carbocycles. The van der Waals surface area contributed by atoms with Crippen LogP contribution >= 0.6 is 0 Å². The highest BCUT2D eigenvalue weighted by atomic mass is 32.2. The first-order valence-electron chi connectivity index (χ1n) is 8.23. The summed E-state index contributed by atoms with van der Waals surface area (Å²) >= 11 is 0. The highest BCUT2D eigenvalue weighted by molar-refractivity contribution is 7.93. The number of aryl methyl sites for hydroxylation is 1. The molecule has 1 aliphatic heterocycles. The molecular weight excluding hydrogens is 328 g/mol. The van der Waals surface area contributed by atoms with E-state index in [4.69, 9.17) is 10.5 Å². The summed E-state index contributed by atoms with van der Waals surface area (Å²) in [6, 6.07) is 3.97. The number of carbonyl (C=O) groups excluding carboxylic acids is 1. The Bertz CT molecular complexity index is 700. The third-order valence-corrected chi connectivity index (χ3v) is 7.56. The maximum absolute atomic E-state index is 12.7. The Balaban J connectivity index is 2.28. The molecule has 1 saturated heterocycles. The Kier molecular flexibility index (Phi) is 5.65. The standard InChI is InChI=1S/C17H26N2O4S/c1-4-12-5-7-19-15(9-12)14-10-23-8-6-13(14)11-24(21,22)17(2,3)16(18)20/h5,7,9,13-14H,4,6,8,10-11H2,1-3H3,(H2,18,20). The van der Waals surface area contributed by atoms with Crippen molar-refractivity contribution >= 4 is 15.7 Å². The molecule has 1 fully saturated rings. The third-order valence-electron chi connectivity index (χ3n) is 4.94. The zero-order valence-corrected chi connectivity index (χ0v) is 15.3. The van der Waals surface area contributed by atoms with Crippen LogP contribution in [0.4, 0.5) is 0 Å². The van der Waals surface area contributed by atoms with Gasteiger partial charge >= 0.3 is 0 Å². The molecule has 24 heavy (non-hydrogen) atoms. The number of nitrogens with two attached hydrogens (primary N) is 1. The lowest BCUT2D eigenvalue weighted by atomic mass is 9.86. The lowest BCUT2D eigenvalue weighted by Gasteiger charge is -2.33. The van der Waals surface area contributed by atoms with Crippen molar-refractivity contribution in [1.29, 1.82) is 0 Å². The van der Waals surface area contributed by atoms with Crippen molar-refractivity contribution in [1.82, 2.24) is 4.98 Å². The smallest absolute Gasteiger partial charge is 0.238 e. The summed E-state index contributed by atoms with van der Waals surface area (Å²) in [7, 11) is -3.67. The van der Waals surface area contributed by atoms with Gasteiger partial charge in [-0.2, -0.15) is 0 Å². The molecule has 0 aromatic carbocycles. The molecule has 1 aromatic heterocycles. The normalized spacial score (nSPS) is 22.3. The molecule has 0 saturated carbocycles. The summed E-state index contributed by atoms with van der Waals surface area (Å²) in [5.74, 6) is -1.14. The van der Waals surface area contributed by atoms with Gasteiger partial charge in [-0.3, -0.25) is 9.78 Å². The summed E-state index contributed by atoms with van der Waals surface area (Å²) in [5.41, 5.74) is 7.30. The molecule has 1 aromatic rings. The number of rotatable bonds is 6. The molecule has 134 valence electrons. The first-order chi connectivity index (χ1) is 11.2. The van der Waals surface area contributed by atoms with Crippen LogP contribution in [0.5, 0.6) is 0 Å². The summed E-state index contributed by atoms with van der Waals surface area (Å²) in [6.07, 6.45) is 3.26. The Hall–Kier alpha value is -1.47. The van der Waals surface area contributed by atoms with Crippen molar-refractivity contribution in [2.24, 2.45) is 11.7 Å². The molecule has 1 amide bonds. The average Bonchev–Trinajstić information content (AvgIpc) is 2.54. The molecule has 0 bridgehead atoms. The maximum atomic E-state index is 12.7. The number of nitrogens with zero attached hydrogens (tertiary/aromatic N) is 1. The van der Waals surface area contributed by atoms with E-state index < -0.39 is 20.5 Å². The summed E-state index contributed by atoms with van der Waals surface area (Å²) < 4.78 is 29.4. The van der Waals surface area contributed by atoms with Gasteiger partial charge in [0.05, 0.1) is 12.4 Å². The number of primary amides is 1. The fraction of sp³-hybridized carbons (Fsp3) is 0.647. The van der Waals surface area contributed by atoms with Crippen LogP contribution in [0.2, 0.25) is 0 Å². The summed E-state index contributed by atoms with van der Waals surface area (Å²) in [4.78, 5) is 16.0. The van der Waals surface area contributed by atoms with Gasteiger partial charge in [0.2, 0.25) is 5.91 Å². The van der Waals surface area contributed by atoms with Crippen molar-refractivity contribution in [3.8, 4) is 0 Å². The van der Waals surface area contributed by atoms with Crippen molar-refractivity contribution in [2.75, 3.05) is 19.0 Å². The predicted octanol–water partition coefficient (Wildman–Crippen LogP) is 1.44. The zero-order valence-electron chi connectivity index (χ0n) is 14.5. The molecule has 2 rings (SSSR count). The minimum atomic E-state index is -3.67. The van der Waals surface area contributed by atoms with Crippen molar-refractivity contribution < 1.29 is 17.9 Å². The molecule has 7 heteroatoms. The highest BCUT2D eigenvalue weighted by Crippen LogP contribution is 2.34. The van der Waals surface area contributed by atoms with E-state index in [0.29, 0.717) is 19.6 Å². The monoisotopic (exact) mass is 354 g/mol. The number of hydrogen-bond donors (Lipinski definition) is 1. The molecule has 0 radical (unpaired) electrons. The van der Waals surface area contributed by atoms with E-state index in [1.807, 2.05) is 12.1 Å². The van der Waals surface area contributed by atoms with E-state index >= 15 is 0 Å². The second kappa shape index (κ2) is 7.19. The lowest BCUT2D eigenvalue weighted by Crippen LogP contribution is -2.48. The van der Waals surface area contributed by atoms with Crippen LogP contribution in [0.15, 0.2) is 18.3 Å². The second-order valence-corrected chi connectivity index (χ2v) is 9.41. The van der Waals surface area contributed by atoms with E-state index in [0.717, 1.165) is 17.7 Å². The van der Waals surface area contributed by atoms with Gasteiger partial charge in [-0.15, -0.1) is 0 Å². The van der Waals surface area contributed by atoms with Crippen LogP contribution < -0.4 is 5.73 Å². The molecule has 2 N–H and O–H groups in total. The first-order valence-corrected chi connectivity index (χ1v) is 9.89. The van der Waals surface area contributed by atoms with Crippen molar-refractivity contribution in [2.45, 2.75) is 44.3 Å². The Labute approximate surface area is 143 Å². The lowest BCUT2D eigenvalue weighted by molar-refractivity contribution is -0.119. The van der Waals surface area contributed by atoms with E-state index in [2.05, 4.69) is 11.9 Å². The molecular formula is C17H26N2O4S. The van der Waals surface area contributed by atoms with E-state index in [1.54, 1.807) is 6.20 Å². The number of pyridine rings is 1. The van der Waals surface area contributed by atoms with Crippen LogP contribution in [0.1, 0.15) is 44.4 Å². The fourth-order valence-corrected chi connectivity index (χ4v) is 4.55. The highest BCUT2D eigenvalue weighted by Gasteiger charge is 2.43. The SMILES string of the molecule is CCc1ccnc(C2COCCC2CS(=O)(=O)C(C)(C)C(N)=O)c1. The van der Waals surface area contributed by atoms with Crippen LogP contribution in [0, 0.1) is 5.92 Å². The number of ether oxygens (including phenoxy) is 1. The van der Waals surface area contributed by atoms with Gasteiger partial charge in [0.25, 0.3) is 0 Å².